The third-order valence-electron chi connectivity index (χ3n) is 11.7. The second-order valence-electron chi connectivity index (χ2n) is 14.8. The van der Waals surface area contributed by atoms with Gasteiger partial charge in [0.25, 0.3) is 0 Å². The molecule has 0 spiro atoms. The molecule has 9 heteroatoms. The molecule has 52 heavy (non-hydrogen) atoms. The molecule has 0 N–H and O–H groups in total. The number of benzene rings is 4. The molecule has 0 saturated carbocycles. The topological polar surface area (TPSA) is 65.6 Å². The Balaban J connectivity index is 0.000000153. The zero-order valence-electron chi connectivity index (χ0n) is 29.8. The van der Waals surface area contributed by atoms with Crippen molar-refractivity contribution in [2.24, 2.45) is 0 Å². The smallest absolute Gasteiger partial charge is 0.410 e. The summed E-state index contributed by atoms with van der Waals surface area (Å²) in [5.74, 6) is 1.13. The Hall–Kier alpha value is -4.53. The number of rotatable bonds is 5. The number of anilines is 1. The molecule has 8 nitrogen and oxygen atoms in total. The van der Waals surface area contributed by atoms with Gasteiger partial charge in [0.2, 0.25) is 0 Å². The van der Waals surface area contributed by atoms with Crippen LogP contribution in [-0.4, -0.2) is 73.2 Å². The minimum Gasteiger partial charge on any atom is -0.445 e. The number of hydrogen-bond donors (Lipinski definition) is 0. The summed E-state index contributed by atoms with van der Waals surface area (Å²) >= 11 is 6.15. The molecule has 2 amide bonds. The number of likely N-dealkylation sites (N-methyl/N-ethyl adjacent to an activating group) is 1. The lowest BCUT2D eigenvalue weighted by Gasteiger charge is -2.35. The molecule has 5 aliphatic rings. The largest absolute Gasteiger partial charge is 0.445 e. The van der Waals surface area contributed by atoms with Gasteiger partial charge in [-0.3, -0.25) is 0 Å². The molecule has 3 saturated heterocycles. The predicted molar refractivity (Wildman–Crippen MR) is 204 cm³/mol. The Bertz CT molecular complexity index is 1880. The van der Waals surface area contributed by atoms with Crippen molar-refractivity contribution in [2.75, 3.05) is 51.2 Å². The third-order valence-corrected chi connectivity index (χ3v) is 11.9. The van der Waals surface area contributed by atoms with Crippen LogP contribution in [0.4, 0.5) is 15.3 Å². The van der Waals surface area contributed by atoms with Crippen molar-refractivity contribution in [3.8, 4) is 0 Å². The summed E-state index contributed by atoms with van der Waals surface area (Å²) in [6.45, 7) is 6.49. The molecule has 0 aromatic heterocycles. The zero-order chi connectivity index (χ0) is 35.6. The van der Waals surface area contributed by atoms with Crippen LogP contribution in [0.25, 0.3) is 0 Å². The first-order valence-electron chi connectivity index (χ1n) is 18.7. The summed E-state index contributed by atoms with van der Waals surface area (Å²) < 4.78 is 11.2. The van der Waals surface area contributed by atoms with Crippen molar-refractivity contribution in [1.29, 1.82) is 0 Å². The molecule has 2 unspecified atom stereocenters. The van der Waals surface area contributed by atoms with Crippen molar-refractivity contribution in [3.63, 3.8) is 0 Å². The molecular formula is C43H47ClN4O4. The molecule has 0 radical (unpaired) electrons. The molecule has 4 aromatic rings. The van der Waals surface area contributed by atoms with Gasteiger partial charge in [-0.15, -0.1) is 0 Å². The number of nitrogens with zero attached hydrogens (tertiary/aromatic N) is 4. The maximum Gasteiger partial charge on any atom is 0.410 e. The van der Waals surface area contributed by atoms with Crippen LogP contribution in [0.5, 0.6) is 0 Å². The summed E-state index contributed by atoms with van der Waals surface area (Å²) in [7, 11) is 2.18. The number of carbonyl (C=O) groups is 2. The second kappa shape index (κ2) is 15.2. The first-order chi connectivity index (χ1) is 25.4. The highest BCUT2D eigenvalue weighted by Crippen LogP contribution is 2.51. The molecular weight excluding hydrogens is 672 g/mol. The fourth-order valence-corrected chi connectivity index (χ4v) is 9.00. The van der Waals surface area contributed by atoms with Gasteiger partial charge >= 0.3 is 12.2 Å². The molecule has 4 bridgehead atoms. The van der Waals surface area contributed by atoms with Gasteiger partial charge in [-0.1, -0.05) is 84.4 Å². The van der Waals surface area contributed by atoms with E-state index in [1.165, 1.54) is 27.9 Å². The summed E-state index contributed by atoms with van der Waals surface area (Å²) in [6.07, 6.45) is 3.61. The molecule has 2 aliphatic carbocycles. The van der Waals surface area contributed by atoms with Crippen molar-refractivity contribution < 1.29 is 19.1 Å². The molecule has 3 aliphatic heterocycles. The lowest BCUT2D eigenvalue weighted by Crippen LogP contribution is -2.44. The number of amides is 2. The highest BCUT2D eigenvalue weighted by Gasteiger charge is 2.43. The van der Waals surface area contributed by atoms with Crippen molar-refractivity contribution in [3.05, 3.63) is 135 Å². The molecule has 3 heterocycles. The van der Waals surface area contributed by atoms with Gasteiger partial charge in [-0.05, 0) is 102 Å². The Kier molecular flexibility index (Phi) is 10.1. The van der Waals surface area contributed by atoms with E-state index in [0.29, 0.717) is 25.0 Å². The number of piperidine rings is 2. The third kappa shape index (κ3) is 7.24. The standard InChI is InChI=1S/C24H29N3O2.C19H18ClNO2/c1-25-11-13-26(14-12-25)20-7-8-21-19-9-10-27(23(15-19)22(21)16-20)24(28)29-17-18-5-3-2-4-6-18;20-15-6-7-16-14-8-9-21(18(10-14)17(16)11-15)19(22)23-12-13-4-2-1-3-5-13/h2-8,16,19,23H,9-15,17H2,1H3;1-7,11,14,18H,8-10,12H2/t19?,23-;14?,18-/m11/s1. The number of halogens is 1. The van der Waals surface area contributed by atoms with Gasteiger partial charge in [0.15, 0.2) is 0 Å². The first kappa shape index (κ1) is 34.6. The monoisotopic (exact) mass is 718 g/mol. The average molecular weight is 719 g/mol. The minimum absolute atomic E-state index is 0.103. The Labute approximate surface area is 311 Å². The molecule has 4 aromatic carbocycles. The van der Waals surface area contributed by atoms with Crippen LogP contribution < -0.4 is 4.90 Å². The number of fused-ring (bicyclic) bond motifs is 10. The molecule has 4 atom stereocenters. The maximum absolute atomic E-state index is 12.9. The van der Waals surface area contributed by atoms with Crippen LogP contribution >= 0.6 is 11.6 Å². The van der Waals surface area contributed by atoms with E-state index in [1.54, 1.807) is 0 Å². The summed E-state index contributed by atoms with van der Waals surface area (Å²) in [4.78, 5) is 34.1. The maximum atomic E-state index is 12.9. The van der Waals surface area contributed by atoms with Gasteiger partial charge in [0.1, 0.15) is 13.2 Å². The lowest BCUT2D eigenvalue weighted by atomic mass is 9.96. The van der Waals surface area contributed by atoms with Crippen LogP contribution in [0.3, 0.4) is 0 Å². The van der Waals surface area contributed by atoms with Crippen molar-refractivity contribution in [1.82, 2.24) is 14.7 Å². The number of likely N-dealkylation sites (tertiary alicyclic amines) is 2. The van der Waals surface area contributed by atoms with E-state index < -0.39 is 0 Å². The predicted octanol–water partition coefficient (Wildman–Crippen LogP) is 8.92. The fraction of sp³-hybridized carbons (Fsp3) is 0.395. The summed E-state index contributed by atoms with van der Waals surface area (Å²) in [5, 5.41) is 0.730. The number of ether oxygens (including phenoxy) is 2. The van der Waals surface area contributed by atoms with E-state index in [-0.39, 0.29) is 24.3 Å². The van der Waals surface area contributed by atoms with Gasteiger partial charge in [0, 0.05) is 50.0 Å². The van der Waals surface area contributed by atoms with Crippen molar-refractivity contribution >= 4 is 29.5 Å². The highest BCUT2D eigenvalue weighted by molar-refractivity contribution is 6.30. The second-order valence-corrected chi connectivity index (χ2v) is 15.3. The molecule has 3 fully saturated rings. The number of hydrogen-bond acceptors (Lipinski definition) is 6. The summed E-state index contributed by atoms with van der Waals surface area (Å²) in [6, 6.07) is 32.9. The van der Waals surface area contributed by atoms with Gasteiger partial charge in [0.05, 0.1) is 12.1 Å². The molecule has 9 rings (SSSR count). The summed E-state index contributed by atoms with van der Waals surface area (Å²) in [5.41, 5.74) is 8.63. The fourth-order valence-electron chi connectivity index (χ4n) is 8.82. The quantitative estimate of drug-likeness (QED) is 0.205. The van der Waals surface area contributed by atoms with Gasteiger partial charge < -0.3 is 29.1 Å². The van der Waals surface area contributed by atoms with E-state index in [4.69, 9.17) is 21.1 Å². The first-order valence-corrected chi connectivity index (χ1v) is 19.1. The van der Waals surface area contributed by atoms with Gasteiger partial charge in [-0.25, -0.2) is 9.59 Å². The zero-order valence-corrected chi connectivity index (χ0v) is 30.6. The highest BCUT2D eigenvalue weighted by atomic mass is 35.5. The van der Waals surface area contributed by atoms with Crippen LogP contribution in [0, 0.1) is 0 Å². The van der Waals surface area contributed by atoms with Crippen LogP contribution in [0.15, 0.2) is 97.1 Å². The number of piperazine rings is 1. The van der Waals surface area contributed by atoms with E-state index in [1.807, 2.05) is 82.6 Å². The van der Waals surface area contributed by atoms with Crippen LogP contribution in [0.2, 0.25) is 5.02 Å². The SMILES string of the molecule is CN1CCN(c2ccc3c(c2)[C@H]2CC3CCN2C(=O)OCc2ccccc2)CC1.O=C(OCc1ccccc1)N1CCC2C[C@@H]1c1cc(Cl)ccc12. The Morgan fingerprint density at radius 3 is 1.65 bits per heavy atom. The molecule has 270 valence electrons. The van der Waals surface area contributed by atoms with Crippen LogP contribution in [-0.2, 0) is 22.7 Å². The normalized spacial score (nSPS) is 22.9. The van der Waals surface area contributed by atoms with E-state index in [2.05, 4.69) is 41.1 Å². The van der Waals surface area contributed by atoms with E-state index in [9.17, 15) is 9.59 Å². The van der Waals surface area contributed by atoms with Gasteiger partial charge in [-0.2, -0.15) is 0 Å². The minimum atomic E-state index is -0.231. The van der Waals surface area contributed by atoms with Crippen LogP contribution in [0.1, 0.15) is 83.0 Å². The lowest BCUT2D eigenvalue weighted by molar-refractivity contribution is 0.0688. The van der Waals surface area contributed by atoms with E-state index >= 15 is 0 Å². The average Bonchev–Trinajstić information content (AvgIpc) is 3.62. The number of carbonyl (C=O) groups excluding carboxylic acids is 2. The van der Waals surface area contributed by atoms with E-state index in [0.717, 1.165) is 81.1 Å². The van der Waals surface area contributed by atoms with Crippen molar-refractivity contribution in [2.45, 2.75) is 62.8 Å². The Morgan fingerprint density at radius 1 is 0.615 bits per heavy atom. The Morgan fingerprint density at radius 2 is 1.12 bits per heavy atom.